The van der Waals surface area contributed by atoms with Crippen molar-refractivity contribution >= 4 is 34.2 Å². The SMILES string of the molecule is COC(=O)c1c(N)c(C#N)cn1-c1cc(F)cc(I)c1. The van der Waals surface area contributed by atoms with Crippen LogP contribution in [-0.2, 0) is 4.74 Å². The second kappa shape index (κ2) is 5.50. The van der Waals surface area contributed by atoms with E-state index in [-0.39, 0.29) is 16.9 Å². The minimum absolute atomic E-state index is 0.00505. The lowest BCUT2D eigenvalue weighted by atomic mass is 10.2. The number of nitrogens with two attached hydrogens (primary N) is 1. The number of hydrogen-bond acceptors (Lipinski definition) is 4. The molecule has 2 N–H and O–H groups in total. The van der Waals surface area contributed by atoms with Crippen LogP contribution in [0.4, 0.5) is 10.1 Å². The zero-order valence-electron chi connectivity index (χ0n) is 10.4. The Bertz CT molecular complexity index is 714. The number of rotatable bonds is 2. The lowest BCUT2D eigenvalue weighted by Crippen LogP contribution is -2.11. The van der Waals surface area contributed by atoms with Crippen LogP contribution >= 0.6 is 22.6 Å². The first kappa shape index (κ1) is 14.3. The molecule has 1 heterocycles. The summed E-state index contributed by atoms with van der Waals surface area (Å²) in [5.41, 5.74) is 6.30. The van der Waals surface area contributed by atoms with E-state index in [1.54, 1.807) is 6.07 Å². The summed E-state index contributed by atoms with van der Waals surface area (Å²) in [4.78, 5) is 11.8. The quantitative estimate of drug-likeness (QED) is 0.636. The van der Waals surface area contributed by atoms with Gasteiger partial charge in [-0.25, -0.2) is 9.18 Å². The van der Waals surface area contributed by atoms with Gasteiger partial charge in [0.2, 0.25) is 0 Å². The Morgan fingerprint density at radius 1 is 1.50 bits per heavy atom. The van der Waals surface area contributed by atoms with Crippen LogP contribution in [0.15, 0.2) is 24.4 Å². The molecule has 2 rings (SSSR count). The molecule has 0 radical (unpaired) electrons. The topological polar surface area (TPSA) is 81.0 Å². The maximum Gasteiger partial charge on any atom is 0.357 e. The lowest BCUT2D eigenvalue weighted by molar-refractivity contribution is 0.0593. The first-order valence-electron chi connectivity index (χ1n) is 5.43. The molecule has 0 atom stereocenters. The zero-order valence-corrected chi connectivity index (χ0v) is 12.5. The van der Waals surface area contributed by atoms with Crippen LogP contribution in [0.2, 0.25) is 0 Å². The van der Waals surface area contributed by atoms with Crippen LogP contribution in [0.3, 0.4) is 0 Å². The third-order valence-corrected chi connectivity index (χ3v) is 3.29. The fraction of sp³-hybridized carbons (Fsp3) is 0.0769. The molecule has 20 heavy (non-hydrogen) atoms. The summed E-state index contributed by atoms with van der Waals surface area (Å²) < 4.78 is 20.1. The maximum absolute atomic E-state index is 13.5. The summed E-state index contributed by atoms with van der Waals surface area (Å²) in [6.45, 7) is 0. The van der Waals surface area contributed by atoms with E-state index in [0.29, 0.717) is 9.26 Å². The number of methoxy groups -OCH3 is 1. The van der Waals surface area contributed by atoms with Gasteiger partial charge < -0.3 is 15.0 Å². The molecule has 0 saturated heterocycles. The molecule has 0 bridgehead atoms. The summed E-state index contributed by atoms with van der Waals surface area (Å²) in [6, 6.07) is 6.14. The molecular formula is C13H9FIN3O2. The van der Waals surface area contributed by atoms with Crippen LogP contribution < -0.4 is 5.73 Å². The minimum Gasteiger partial charge on any atom is -0.464 e. The largest absolute Gasteiger partial charge is 0.464 e. The highest BCUT2D eigenvalue weighted by Gasteiger charge is 2.22. The van der Waals surface area contributed by atoms with Crippen molar-refractivity contribution in [3.05, 3.63) is 45.0 Å². The molecular weight excluding hydrogens is 376 g/mol. The van der Waals surface area contributed by atoms with E-state index in [9.17, 15) is 9.18 Å². The Balaban J connectivity index is 2.73. The number of carbonyl (C=O) groups is 1. The summed E-state index contributed by atoms with van der Waals surface area (Å²) in [6.07, 6.45) is 1.38. The van der Waals surface area contributed by atoms with Crippen molar-refractivity contribution < 1.29 is 13.9 Å². The number of benzene rings is 1. The molecule has 0 amide bonds. The Hall–Kier alpha value is -2.08. The first-order chi connectivity index (χ1) is 9.47. The fourth-order valence-corrected chi connectivity index (χ4v) is 2.41. The Morgan fingerprint density at radius 3 is 2.75 bits per heavy atom. The predicted molar refractivity (Wildman–Crippen MR) is 78.9 cm³/mol. The Morgan fingerprint density at radius 2 is 2.20 bits per heavy atom. The van der Waals surface area contributed by atoms with Gasteiger partial charge in [0.05, 0.1) is 18.4 Å². The number of nitrogens with zero attached hydrogens (tertiary/aromatic N) is 2. The molecule has 2 aromatic rings. The van der Waals surface area contributed by atoms with Crippen LogP contribution in [0.1, 0.15) is 16.1 Å². The number of esters is 1. The highest BCUT2D eigenvalue weighted by atomic mass is 127. The van der Waals surface area contributed by atoms with Gasteiger partial charge in [0.15, 0.2) is 5.69 Å². The van der Waals surface area contributed by atoms with Gasteiger partial charge in [0.25, 0.3) is 0 Å². The third kappa shape index (κ3) is 2.46. The molecule has 7 heteroatoms. The molecule has 102 valence electrons. The van der Waals surface area contributed by atoms with Crippen LogP contribution in [-0.4, -0.2) is 17.6 Å². The van der Waals surface area contributed by atoms with Crippen molar-refractivity contribution in [1.82, 2.24) is 4.57 Å². The van der Waals surface area contributed by atoms with Gasteiger partial charge in [0, 0.05) is 15.5 Å². The van der Waals surface area contributed by atoms with Crippen molar-refractivity contribution in [3.63, 3.8) is 0 Å². The number of aromatic nitrogens is 1. The summed E-state index contributed by atoms with van der Waals surface area (Å²) in [5, 5.41) is 9.00. The number of ether oxygens (including phenoxy) is 1. The molecule has 0 aliphatic heterocycles. The van der Waals surface area contributed by atoms with Gasteiger partial charge in [-0.15, -0.1) is 0 Å². The highest BCUT2D eigenvalue weighted by Crippen LogP contribution is 2.26. The molecule has 0 spiro atoms. The van der Waals surface area contributed by atoms with Gasteiger partial charge in [-0.1, -0.05) is 0 Å². The van der Waals surface area contributed by atoms with Crippen LogP contribution in [0, 0.1) is 20.7 Å². The number of anilines is 1. The number of hydrogen-bond donors (Lipinski definition) is 1. The monoisotopic (exact) mass is 385 g/mol. The summed E-state index contributed by atoms with van der Waals surface area (Å²) in [7, 11) is 1.21. The first-order valence-corrected chi connectivity index (χ1v) is 6.51. The highest BCUT2D eigenvalue weighted by molar-refractivity contribution is 14.1. The van der Waals surface area contributed by atoms with Gasteiger partial charge in [-0.05, 0) is 40.8 Å². The van der Waals surface area contributed by atoms with E-state index in [4.69, 9.17) is 11.0 Å². The number of nitriles is 1. The van der Waals surface area contributed by atoms with Crippen molar-refractivity contribution in [2.45, 2.75) is 0 Å². The van der Waals surface area contributed by atoms with E-state index in [2.05, 4.69) is 4.74 Å². The average molecular weight is 385 g/mol. The van der Waals surface area contributed by atoms with Gasteiger partial charge in [0.1, 0.15) is 11.9 Å². The second-order valence-corrected chi connectivity index (χ2v) is 5.15. The predicted octanol–water partition coefficient (Wildman–Crippen LogP) is 2.46. The van der Waals surface area contributed by atoms with Crippen molar-refractivity contribution in [2.75, 3.05) is 12.8 Å². The summed E-state index contributed by atoms with van der Waals surface area (Å²) in [5.74, 6) is -1.14. The Kier molecular flexibility index (Phi) is 3.94. The van der Waals surface area contributed by atoms with Crippen molar-refractivity contribution in [2.24, 2.45) is 0 Å². The second-order valence-electron chi connectivity index (χ2n) is 3.91. The molecule has 0 aliphatic rings. The average Bonchev–Trinajstić information content (AvgIpc) is 2.73. The Labute approximate surface area is 127 Å². The standard InChI is InChI=1S/C13H9FIN3O2/c1-20-13(19)12-11(17)7(5-16)6-18(12)10-3-8(14)2-9(15)4-10/h2-4,6H,17H2,1H3. The van der Waals surface area contributed by atoms with Gasteiger partial charge in [-0.2, -0.15) is 5.26 Å². The smallest absolute Gasteiger partial charge is 0.357 e. The van der Waals surface area contributed by atoms with Crippen molar-refractivity contribution in [3.8, 4) is 11.8 Å². The van der Waals surface area contributed by atoms with Crippen LogP contribution in [0.25, 0.3) is 5.69 Å². The third-order valence-electron chi connectivity index (χ3n) is 2.67. The number of nitrogen functional groups attached to an aromatic ring is 1. The fourth-order valence-electron chi connectivity index (χ4n) is 1.80. The van der Waals surface area contributed by atoms with Gasteiger partial charge in [-0.3, -0.25) is 0 Å². The molecule has 0 fully saturated rings. The number of carbonyl (C=O) groups excluding carboxylic acids is 1. The van der Waals surface area contributed by atoms with Gasteiger partial charge >= 0.3 is 5.97 Å². The molecule has 0 aliphatic carbocycles. The normalized spacial score (nSPS) is 10.1. The van der Waals surface area contributed by atoms with Crippen molar-refractivity contribution in [1.29, 1.82) is 5.26 Å². The van der Waals surface area contributed by atoms with E-state index >= 15 is 0 Å². The molecule has 0 unspecified atom stereocenters. The lowest BCUT2D eigenvalue weighted by Gasteiger charge is -2.09. The molecule has 0 saturated carbocycles. The zero-order chi connectivity index (χ0) is 14.9. The van der Waals surface area contributed by atoms with E-state index < -0.39 is 11.8 Å². The van der Waals surface area contributed by atoms with Crippen LogP contribution in [0.5, 0.6) is 0 Å². The summed E-state index contributed by atoms with van der Waals surface area (Å²) >= 11 is 1.96. The minimum atomic E-state index is -0.691. The van der Waals surface area contributed by atoms with E-state index in [1.165, 1.54) is 30.0 Å². The maximum atomic E-state index is 13.5. The molecule has 1 aromatic carbocycles. The van der Waals surface area contributed by atoms with E-state index in [0.717, 1.165) is 0 Å². The number of halogens is 2. The molecule has 5 nitrogen and oxygen atoms in total. The molecule has 1 aromatic heterocycles. The van der Waals surface area contributed by atoms with E-state index in [1.807, 2.05) is 28.7 Å².